The highest BCUT2D eigenvalue weighted by Crippen LogP contribution is 2.23. The smallest absolute Gasteiger partial charge is 0.240 e. The van der Waals surface area contributed by atoms with Crippen LogP contribution in [0, 0.1) is 3.57 Å². The number of nitrogens with one attached hydrogen (secondary N) is 1. The molecule has 106 valence electrons. The van der Waals surface area contributed by atoms with E-state index in [1.54, 1.807) is 37.7 Å². The van der Waals surface area contributed by atoms with E-state index >= 15 is 0 Å². The molecule has 0 aliphatic rings. The molecular weight excluding hydrogens is 391 g/mol. The zero-order valence-corrected chi connectivity index (χ0v) is 13.7. The van der Waals surface area contributed by atoms with Crippen LogP contribution in [0.4, 0.5) is 0 Å². The lowest BCUT2D eigenvalue weighted by Gasteiger charge is -2.09. The van der Waals surface area contributed by atoms with Gasteiger partial charge in [0, 0.05) is 18.9 Å². The van der Waals surface area contributed by atoms with Gasteiger partial charge in [-0.15, -0.1) is 0 Å². The van der Waals surface area contributed by atoms with Crippen molar-refractivity contribution >= 4 is 32.6 Å². The summed E-state index contributed by atoms with van der Waals surface area (Å²) in [5.41, 5.74) is 0.805. The third-order valence-electron chi connectivity index (χ3n) is 2.62. The van der Waals surface area contributed by atoms with E-state index in [4.69, 9.17) is 4.74 Å². The van der Waals surface area contributed by atoms with Crippen LogP contribution in [0.15, 0.2) is 47.6 Å². The third kappa shape index (κ3) is 3.68. The summed E-state index contributed by atoms with van der Waals surface area (Å²) in [6.45, 7) is 0.207. The highest BCUT2D eigenvalue weighted by molar-refractivity contribution is 14.1. The molecule has 20 heavy (non-hydrogen) atoms. The third-order valence-corrected chi connectivity index (χ3v) is 4.86. The van der Waals surface area contributed by atoms with E-state index in [-0.39, 0.29) is 11.4 Å². The number of hydrogen-bond donors (Lipinski definition) is 1. The van der Waals surface area contributed by atoms with Crippen LogP contribution in [0.2, 0.25) is 0 Å². The molecule has 0 fully saturated rings. The maximum Gasteiger partial charge on any atom is 0.240 e. The van der Waals surface area contributed by atoms with Crippen LogP contribution >= 0.6 is 22.6 Å². The first kappa shape index (κ1) is 15.2. The number of pyridine rings is 1. The Hall–Kier alpha value is -1.19. The number of nitrogens with zero attached hydrogens (tertiary/aromatic N) is 1. The van der Waals surface area contributed by atoms with Crippen molar-refractivity contribution < 1.29 is 13.2 Å². The second-order valence-corrected chi connectivity index (χ2v) is 6.91. The van der Waals surface area contributed by atoms with Gasteiger partial charge in [-0.1, -0.05) is 6.07 Å². The highest BCUT2D eigenvalue weighted by Gasteiger charge is 2.15. The predicted octanol–water partition coefficient (Wildman–Crippen LogP) is 2.17. The zero-order valence-electron chi connectivity index (χ0n) is 10.7. The number of aromatic nitrogens is 1. The van der Waals surface area contributed by atoms with Gasteiger partial charge in [0.05, 0.1) is 15.6 Å². The molecule has 5 nitrogen and oxygen atoms in total. The predicted molar refractivity (Wildman–Crippen MR) is 84.0 cm³/mol. The number of hydrogen-bond acceptors (Lipinski definition) is 4. The van der Waals surface area contributed by atoms with Crippen molar-refractivity contribution in [3.05, 3.63) is 51.9 Å². The first-order valence-corrected chi connectivity index (χ1v) is 8.31. The van der Waals surface area contributed by atoms with Gasteiger partial charge in [-0.2, -0.15) is 0 Å². The van der Waals surface area contributed by atoms with Gasteiger partial charge in [0.15, 0.2) is 0 Å². The molecule has 0 aliphatic heterocycles. The zero-order chi connectivity index (χ0) is 14.6. The van der Waals surface area contributed by atoms with E-state index in [1.165, 1.54) is 6.07 Å². The van der Waals surface area contributed by atoms with Crippen molar-refractivity contribution in [1.29, 1.82) is 0 Å². The van der Waals surface area contributed by atoms with Crippen LogP contribution in [0.3, 0.4) is 0 Å². The standard InChI is InChI=1S/C13H13IN2O3S/c1-19-13-5-4-11(7-12(13)14)20(17,18)16-9-10-3-2-6-15-8-10/h2-8,16H,9H2,1H3. The number of sulfonamides is 1. The van der Waals surface area contributed by atoms with Crippen LogP contribution in [-0.4, -0.2) is 20.5 Å². The molecule has 1 heterocycles. The Morgan fingerprint density at radius 3 is 2.75 bits per heavy atom. The molecule has 0 bridgehead atoms. The molecule has 0 atom stereocenters. The average molecular weight is 404 g/mol. The van der Waals surface area contributed by atoms with Gasteiger partial charge in [0.25, 0.3) is 0 Å². The van der Waals surface area contributed by atoms with E-state index in [1.807, 2.05) is 28.7 Å². The Bertz CT molecular complexity index is 690. The minimum atomic E-state index is -3.54. The molecule has 0 amide bonds. The lowest BCUT2D eigenvalue weighted by Crippen LogP contribution is -2.23. The van der Waals surface area contributed by atoms with E-state index in [9.17, 15) is 8.42 Å². The second-order valence-electron chi connectivity index (χ2n) is 3.98. The summed E-state index contributed by atoms with van der Waals surface area (Å²) in [6, 6.07) is 8.31. The molecule has 0 unspecified atom stereocenters. The molecule has 0 saturated carbocycles. The highest BCUT2D eigenvalue weighted by atomic mass is 127. The van der Waals surface area contributed by atoms with E-state index in [2.05, 4.69) is 9.71 Å². The van der Waals surface area contributed by atoms with Crippen LogP contribution in [0.1, 0.15) is 5.56 Å². The maximum atomic E-state index is 12.2. The Labute approximate surface area is 131 Å². The van der Waals surface area contributed by atoms with Crippen molar-refractivity contribution in [2.24, 2.45) is 0 Å². The minimum absolute atomic E-state index is 0.207. The van der Waals surface area contributed by atoms with E-state index < -0.39 is 10.0 Å². The molecule has 7 heteroatoms. The maximum absolute atomic E-state index is 12.2. The Kier molecular flexibility index (Phi) is 4.95. The van der Waals surface area contributed by atoms with Gasteiger partial charge < -0.3 is 4.74 Å². The summed E-state index contributed by atoms with van der Waals surface area (Å²) >= 11 is 2.04. The summed E-state index contributed by atoms with van der Waals surface area (Å²) in [7, 11) is -2.00. The van der Waals surface area contributed by atoms with Crippen molar-refractivity contribution in [3.63, 3.8) is 0 Å². The van der Waals surface area contributed by atoms with Gasteiger partial charge >= 0.3 is 0 Å². The van der Waals surface area contributed by atoms with Crippen molar-refractivity contribution in [1.82, 2.24) is 9.71 Å². The number of halogens is 1. The monoisotopic (exact) mass is 404 g/mol. The van der Waals surface area contributed by atoms with E-state index in [0.29, 0.717) is 5.75 Å². The van der Waals surface area contributed by atoms with Crippen LogP contribution < -0.4 is 9.46 Å². The molecular formula is C13H13IN2O3S. The lowest BCUT2D eigenvalue weighted by molar-refractivity contribution is 0.411. The first-order chi connectivity index (χ1) is 9.53. The first-order valence-electron chi connectivity index (χ1n) is 5.75. The van der Waals surface area contributed by atoms with Crippen LogP contribution in [0.5, 0.6) is 5.75 Å². The molecule has 2 aromatic rings. The molecule has 0 spiro atoms. The minimum Gasteiger partial charge on any atom is -0.496 e. The Morgan fingerprint density at radius 2 is 2.15 bits per heavy atom. The van der Waals surface area contributed by atoms with Crippen LogP contribution in [-0.2, 0) is 16.6 Å². The molecule has 1 aromatic heterocycles. The fraction of sp³-hybridized carbons (Fsp3) is 0.154. The lowest BCUT2D eigenvalue weighted by atomic mass is 10.3. The topological polar surface area (TPSA) is 68.3 Å². The SMILES string of the molecule is COc1ccc(S(=O)(=O)NCc2cccnc2)cc1I. The van der Waals surface area contributed by atoms with Gasteiger partial charge in [0.1, 0.15) is 5.75 Å². The van der Waals surface area contributed by atoms with Gasteiger partial charge in [-0.25, -0.2) is 13.1 Å². The van der Waals surface area contributed by atoms with Crippen LogP contribution in [0.25, 0.3) is 0 Å². The summed E-state index contributed by atoms with van der Waals surface area (Å²) in [6.07, 6.45) is 3.27. The fourth-order valence-electron chi connectivity index (χ4n) is 1.58. The molecule has 0 radical (unpaired) electrons. The van der Waals surface area contributed by atoms with Crippen molar-refractivity contribution in [3.8, 4) is 5.75 Å². The largest absolute Gasteiger partial charge is 0.496 e. The normalized spacial score (nSPS) is 11.3. The van der Waals surface area contributed by atoms with E-state index in [0.717, 1.165) is 9.13 Å². The number of methoxy groups -OCH3 is 1. The van der Waals surface area contributed by atoms with Gasteiger partial charge in [-0.3, -0.25) is 4.98 Å². The number of benzene rings is 1. The fourth-order valence-corrected chi connectivity index (χ4v) is 3.57. The summed E-state index contributed by atoms with van der Waals surface area (Å²) < 4.78 is 32.8. The molecule has 0 aliphatic carbocycles. The number of ether oxygens (including phenoxy) is 1. The van der Waals surface area contributed by atoms with Gasteiger partial charge in [0.2, 0.25) is 10.0 Å². The summed E-state index contributed by atoms with van der Waals surface area (Å²) in [5.74, 6) is 0.650. The Balaban J connectivity index is 2.16. The quantitative estimate of drug-likeness (QED) is 0.776. The molecule has 1 N–H and O–H groups in total. The van der Waals surface area contributed by atoms with Crippen molar-refractivity contribution in [2.75, 3.05) is 7.11 Å². The second kappa shape index (κ2) is 6.51. The number of rotatable bonds is 5. The van der Waals surface area contributed by atoms with Crippen molar-refractivity contribution in [2.45, 2.75) is 11.4 Å². The Morgan fingerprint density at radius 1 is 1.35 bits per heavy atom. The molecule has 2 rings (SSSR count). The molecule has 0 saturated heterocycles. The summed E-state index contributed by atoms with van der Waals surface area (Å²) in [5, 5.41) is 0. The van der Waals surface area contributed by atoms with Gasteiger partial charge in [-0.05, 0) is 52.4 Å². The summed E-state index contributed by atoms with van der Waals surface area (Å²) in [4.78, 5) is 4.16. The molecule has 1 aromatic carbocycles. The average Bonchev–Trinajstić information content (AvgIpc) is 2.46.